The lowest BCUT2D eigenvalue weighted by atomic mass is 10.3. The van der Waals surface area contributed by atoms with Crippen molar-refractivity contribution in [3.63, 3.8) is 0 Å². The van der Waals surface area contributed by atoms with E-state index in [4.69, 9.17) is 0 Å². The third kappa shape index (κ3) is 2.85. The average molecular weight is 193 g/mol. The van der Waals surface area contributed by atoms with E-state index >= 15 is 0 Å². The van der Waals surface area contributed by atoms with Crippen LogP contribution in [0.5, 0.6) is 0 Å². The third-order valence-corrected chi connectivity index (χ3v) is 1.49. The van der Waals surface area contributed by atoms with Crippen molar-refractivity contribution in [2.75, 3.05) is 5.43 Å². The van der Waals surface area contributed by atoms with Crippen molar-refractivity contribution in [2.45, 2.75) is 13.8 Å². The zero-order chi connectivity index (χ0) is 10.6. The Bertz CT molecular complexity index is 353. The normalized spacial score (nSPS) is 9.29. The standard InChI is InChI=1S/C9H11N3O2/c1-7(2)10-11-8-3-5-9(6-4-8)12(13)14/h3-6,11H,1-2H3. The summed E-state index contributed by atoms with van der Waals surface area (Å²) in [6, 6.07) is 6.10. The molecule has 0 heterocycles. The second kappa shape index (κ2) is 4.36. The van der Waals surface area contributed by atoms with E-state index in [-0.39, 0.29) is 5.69 Å². The number of nitrogens with zero attached hydrogens (tertiary/aromatic N) is 2. The van der Waals surface area contributed by atoms with Crippen LogP contribution in [0.2, 0.25) is 0 Å². The molecule has 14 heavy (non-hydrogen) atoms. The molecule has 74 valence electrons. The second-order valence-electron chi connectivity index (χ2n) is 2.97. The molecule has 0 saturated carbocycles. The van der Waals surface area contributed by atoms with Crippen molar-refractivity contribution in [3.05, 3.63) is 34.4 Å². The van der Waals surface area contributed by atoms with Gasteiger partial charge in [-0.1, -0.05) is 0 Å². The molecule has 0 unspecified atom stereocenters. The Kier molecular flexibility index (Phi) is 3.17. The highest BCUT2D eigenvalue weighted by Crippen LogP contribution is 2.15. The highest BCUT2D eigenvalue weighted by molar-refractivity contribution is 5.79. The van der Waals surface area contributed by atoms with E-state index in [0.29, 0.717) is 0 Å². The fourth-order valence-electron chi connectivity index (χ4n) is 0.834. The van der Waals surface area contributed by atoms with Crippen LogP contribution in [0.3, 0.4) is 0 Å². The van der Waals surface area contributed by atoms with Crippen molar-refractivity contribution < 1.29 is 4.92 Å². The lowest BCUT2D eigenvalue weighted by Crippen LogP contribution is -1.93. The smallest absolute Gasteiger partial charge is 0.269 e. The number of hydrazone groups is 1. The first-order chi connectivity index (χ1) is 6.59. The van der Waals surface area contributed by atoms with Crippen molar-refractivity contribution >= 4 is 17.1 Å². The molecule has 0 fully saturated rings. The van der Waals surface area contributed by atoms with Crippen LogP contribution in [-0.4, -0.2) is 10.6 Å². The molecule has 0 aliphatic rings. The van der Waals surface area contributed by atoms with Crippen molar-refractivity contribution in [3.8, 4) is 0 Å². The third-order valence-electron chi connectivity index (χ3n) is 1.49. The van der Waals surface area contributed by atoms with Gasteiger partial charge in [-0.05, 0) is 26.0 Å². The van der Waals surface area contributed by atoms with Gasteiger partial charge in [0.25, 0.3) is 5.69 Å². The summed E-state index contributed by atoms with van der Waals surface area (Å²) < 4.78 is 0. The summed E-state index contributed by atoms with van der Waals surface area (Å²) in [6.07, 6.45) is 0. The van der Waals surface area contributed by atoms with Gasteiger partial charge in [-0.15, -0.1) is 0 Å². The van der Waals surface area contributed by atoms with Gasteiger partial charge in [0.05, 0.1) is 10.6 Å². The second-order valence-corrected chi connectivity index (χ2v) is 2.97. The molecule has 0 aliphatic carbocycles. The molecule has 1 rings (SSSR count). The molecule has 5 nitrogen and oxygen atoms in total. The maximum absolute atomic E-state index is 10.3. The summed E-state index contributed by atoms with van der Waals surface area (Å²) in [5.74, 6) is 0. The first-order valence-corrected chi connectivity index (χ1v) is 4.11. The van der Waals surface area contributed by atoms with Crippen LogP contribution in [0.1, 0.15) is 13.8 Å². The Balaban J connectivity index is 2.74. The summed E-state index contributed by atoms with van der Waals surface area (Å²) in [7, 11) is 0. The average Bonchev–Trinajstić information content (AvgIpc) is 2.15. The molecule has 1 aromatic rings. The number of hydrogen-bond acceptors (Lipinski definition) is 4. The molecule has 0 saturated heterocycles. The van der Waals surface area contributed by atoms with Gasteiger partial charge in [0.15, 0.2) is 0 Å². The fourth-order valence-corrected chi connectivity index (χ4v) is 0.834. The molecule has 1 N–H and O–H groups in total. The van der Waals surface area contributed by atoms with E-state index in [2.05, 4.69) is 10.5 Å². The van der Waals surface area contributed by atoms with Crippen LogP contribution in [0.4, 0.5) is 11.4 Å². The Labute approximate surface area is 81.6 Å². The van der Waals surface area contributed by atoms with E-state index in [1.165, 1.54) is 12.1 Å². The molecule has 0 amide bonds. The number of rotatable bonds is 3. The predicted molar refractivity (Wildman–Crippen MR) is 55.5 cm³/mol. The summed E-state index contributed by atoms with van der Waals surface area (Å²) in [6.45, 7) is 3.72. The maximum Gasteiger partial charge on any atom is 0.269 e. The van der Waals surface area contributed by atoms with Crippen LogP contribution in [0, 0.1) is 10.1 Å². The Hall–Kier alpha value is -1.91. The van der Waals surface area contributed by atoms with E-state index in [1.807, 2.05) is 13.8 Å². The Morgan fingerprint density at radius 3 is 2.36 bits per heavy atom. The SMILES string of the molecule is CC(C)=NNc1ccc([N+](=O)[O-])cc1. The highest BCUT2D eigenvalue weighted by Gasteiger charge is 2.02. The lowest BCUT2D eigenvalue weighted by Gasteiger charge is -1.99. The molecule has 5 heteroatoms. The predicted octanol–water partition coefficient (Wildman–Crippen LogP) is 2.40. The van der Waals surface area contributed by atoms with Crippen LogP contribution >= 0.6 is 0 Å². The number of non-ortho nitro benzene ring substituents is 1. The molecule has 0 spiro atoms. The highest BCUT2D eigenvalue weighted by atomic mass is 16.6. The monoisotopic (exact) mass is 193 g/mol. The largest absolute Gasteiger partial charge is 0.279 e. The van der Waals surface area contributed by atoms with Crippen molar-refractivity contribution in [1.82, 2.24) is 0 Å². The summed E-state index contributed by atoms with van der Waals surface area (Å²) >= 11 is 0. The van der Waals surface area contributed by atoms with E-state index in [1.54, 1.807) is 12.1 Å². The first kappa shape index (κ1) is 10.2. The van der Waals surface area contributed by atoms with Gasteiger partial charge in [0.2, 0.25) is 0 Å². The number of nitro groups is 1. The van der Waals surface area contributed by atoms with Crippen molar-refractivity contribution in [1.29, 1.82) is 0 Å². The summed E-state index contributed by atoms with van der Waals surface area (Å²) in [5, 5.41) is 14.3. The van der Waals surface area contributed by atoms with Gasteiger partial charge in [0.1, 0.15) is 0 Å². The van der Waals surface area contributed by atoms with Crippen LogP contribution in [0.15, 0.2) is 29.4 Å². The number of anilines is 1. The maximum atomic E-state index is 10.3. The minimum atomic E-state index is -0.432. The molecule has 0 radical (unpaired) electrons. The van der Waals surface area contributed by atoms with E-state index in [9.17, 15) is 10.1 Å². The van der Waals surface area contributed by atoms with Gasteiger partial charge in [0, 0.05) is 17.8 Å². The molecular weight excluding hydrogens is 182 g/mol. The van der Waals surface area contributed by atoms with Crippen LogP contribution < -0.4 is 5.43 Å². The van der Waals surface area contributed by atoms with Crippen molar-refractivity contribution in [2.24, 2.45) is 5.10 Å². The molecule has 0 bridgehead atoms. The van der Waals surface area contributed by atoms with E-state index < -0.39 is 4.92 Å². The molecule has 0 aromatic heterocycles. The summed E-state index contributed by atoms with van der Waals surface area (Å²) in [5.41, 5.74) is 4.48. The van der Waals surface area contributed by atoms with Crippen LogP contribution in [-0.2, 0) is 0 Å². The zero-order valence-electron chi connectivity index (χ0n) is 8.02. The number of nitrogens with one attached hydrogen (secondary N) is 1. The summed E-state index contributed by atoms with van der Waals surface area (Å²) in [4.78, 5) is 9.90. The fraction of sp³-hybridized carbons (Fsp3) is 0.222. The minimum Gasteiger partial charge on any atom is -0.279 e. The quantitative estimate of drug-likeness (QED) is 0.455. The topological polar surface area (TPSA) is 67.5 Å². The molecule has 0 aliphatic heterocycles. The molecule has 0 atom stereocenters. The zero-order valence-corrected chi connectivity index (χ0v) is 8.02. The van der Waals surface area contributed by atoms with Gasteiger partial charge < -0.3 is 0 Å². The number of hydrogen-bond donors (Lipinski definition) is 1. The molecular formula is C9H11N3O2. The van der Waals surface area contributed by atoms with Gasteiger partial charge in [-0.2, -0.15) is 5.10 Å². The first-order valence-electron chi connectivity index (χ1n) is 4.11. The Morgan fingerprint density at radius 1 is 1.36 bits per heavy atom. The van der Waals surface area contributed by atoms with Gasteiger partial charge in [-0.25, -0.2) is 0 Å². The van der Waals surface area contributed by atoms with Gasteiger partial charge >= 0.3 is 0 Å². The van der Waals surface area contributed by atoms with Crippen LogP contribution in [0.25, 0.3) is 0 Å². The van der Waals surface area contributed by atoms with Gasteiger partial charge in [-0.3, -0.25) is 15.5 Å². The Morgan fingerprint density at radius 2 is 1.93 bits per heavy atom. The molecule has 1 aromatic carbocycles. The lowest BCUT2D eigenvalue weighted by molar-refractivity contribution is -0.384. The number of nitro benzene ring substituents is 1. The number of benzene rings is 1. The minimum absolute atomic E-state index is 0.0766. The van der Waals surface area contributed by atoms with E-state index in [0.717, 1.165) is 11.4 Å².